The van der Waals surface area contributed by atoms with Gasteiger partial charge in [0, 0.05) is 18.4 Å². The first kappa shape index (κ1) is 17.4. The largest absolute Gasteiger partial charge is 0.372 e. The van der Waals surface area contributed by atoms with E-state index in [0.717, 1.165) is 56.1 Å². The van der Waals surface area contributed by atoms with Crippen molar-refractivity contribution in [1.82, 2.24) is 9.38 Å². The van der Waals surface area contributed by atoms with E-state index >= 15 is 0 Å². The van der Waals surface area contributed by atoms with E-state index < -0.39 is 0 Å². The van der Waals surface area contributed by atoms with Gasteiger partial charge in [0.2, 0.25) is 0 Å². The molecule has 3 aromatic heterocycles. The van der Waals surface area contributed by atoms with Crippen LogP contribution in [0, 0.1) is 6.92 Å². The van der Waals surface area contributed by atoms with E-state index in [1.807, 2.05) is 25.1 Å². The maximum Gasteiger partial charge on any atom is 0.258 e. The highest BCUT2D eigenvalue weighted by Gasteiger charge is 2.23. The Balaban J connectivity index is 1.59. The third kappa shape index (κ3) is 3.87. The molecule has 1 aliphatic heterocycles. The Labute approximate surface area is 156 Å². The van der Waals surface area contributed by atoms with Gasteiger partial charge in [0.25, 0.3) is 5.56 Å². The summed E-state index contributed by atoms with van der Waals surface area (Å²) in [4.78, 5) is 20.0. The molecule has 0 spiro atoms. The van der Waals surface area contributed by atoms with Crippen molar-refractivity contribution in [3.63, 3.8) is 0 Å². The average molecular weight is 370 g/mol. The Hall–Kier alpha value is -2.02. The number of thiophene rings is 1. The molecule has 26 heavy (non-hydrogen) atoms. The van der Waals surface area contributed by atoms with Crippen LogP contribution in [-0.2, 0) is 17.8 Å². The molecule has 4 heterocycles. The van der Waals surface area contributed by atoms with Gasteiger partial charge in [0.15, 0.2) is 0 Å². The second-order valence-electron chi connectivity index (χ2n) is 6.97. The van der Waals surface area contributed by atoms with Crippen LogP contribution in [0.1, 0.15) is 29.1 Å². The molecule has 4 rings (SSSR count). The second kappa shape index (κ2) is 7.70. The number of aryl methyl sites for hydroxylation is 1. The lowest BCUT2D eigenvalue weighted by atomic mass is 10.2. The number of aromatic nitrogens is 2. The van der Waals surface area contributed by atoms with Crippen molar-refractivity contribution in [1.29, 1.82) is 0 Å². The third-order valence-corrected chi connectivity index (χ3v) is 5.79. The zero-order chi connectivity index (χ0) is 17.9. The van der Waals surface area contributed by atoms with E-state index in [4.69, 9.17) is 9.72 Å². The SMILES string of the molecule is Cc1cccc2nc(C[NH+](Cc3cccs3)C[C@@H]3CCCO3)cc(=O)n12. The van der Waals surface area contributed by atoms with E-state index in [1.54, 1.807) is 21.8 Å². The molecule has 3 aromatic rings. The standard InChI is InChI=1S/C20H23N3O2S/c1-15-5-2-8-19-21-16(11-20(24)23(15)19)12-22(13-17-6-3-9-25-17)14-18-7-4-10-26-18/h2,4-5,7-8,10-11,17H,3,6,9,12-14H2,1H3/p+1/t17-/m0/s1. The van der Waals surface area contributed by atoms with Gasteiger partial charge in [0.05, 0.1) is 4.88 Å². The Bertz CT molecular complexity index is 930. The van der Waals surface area contributed by atoms with Crippen LogP contribution in [-0.4, -0.2) is 28.6 Å². The van der Waals surface area contributed by atoms with E-state index in [0.29, 0.717) is 6.10 Å². The lowest BCUT2D eigenvalue weighted by Crippen LogP contribution is -3.10. The second-order valence-corrected chi connectivity index (χ2v) is 8.00. The van der Waals surface area contributed by atoms with Gasteiger partial charge in [-0.15, -0.1) is 11.3 Å². The zero-order valence-electron chi connectivity index (χ0n) is 15.0. The van der Waals surface area contributed by atoms with Crippen molar-refractivity contribution >= 4 is 17.0 Å². The maximum atomic E-state index is 12.6. The highest BCUT2D eigenvalue weighted by Crippen LogP contribution is 2.11. The van der Waals surface area contributed by atoms with Crippen LogP contribution in [0.5, 0.6) is 0 Å². The summed E-state index contributed by atoms with van der Waals surface area (Å²) in [6.45, 7) is 5.42. The first-order valence-corrected chi connectivity index (χ1v) is 10.0. The number of nitrogens with zero attached hydrogens (tertiary/aromatic N) is 2. The number of nitrogens with one attached hydrogen (secondary N) is 1. The van der Waals surface area contributed by atoms with E-state index in [-0.39, 0.29) is 5.56 Å². The summed E-state index contributed by atoms with van der Waals surface area (Å²) in [5, 5.41) is 2.11. The molecule has 0 aliphatic carbocycles. The number of quaternary nitrogens is 1. The molecule has 0 radical (unpaired) electrons. The Kier molecular flexibility index (Phi) is 5.15. The minimum Gasteiger partial charge on any atom is -0.372 e. The molecule has 0 amide bonds. The van der Waals surface area contributed by atoms with Crippen molar-refractivity contribution in [3.8, 4) is 0 Å². The molecule has 0 saturated carbocycles. The zero-order valence-corrected chi connectivity index (χ0v) is 15.8. The molecular weight excluding hydrogens is 346 g/mol. The van der Waals surface area contributed by atoms with Gasteiger partial charge in [-0.25, -0.2) is 4.98 Å². The predicted octanol–water partition coefficient (Wildman–Crippen LogP) is 1.83. The third-order valence-electron chi connectivity index (χ3n) is 4.91. The van der Waals surface area contributed by atoms with Gasteiger partial charge in [-0.3, -0.25) is 9.20 Å². The van der Waals surface area contributed by atoms with Gasteiger partial charge in [-0.2, -0.15) is 0 Å². The maximum absolute atomic E-state index is 12.6. The van der Waals surface area contributed by atoms with Crippen LogP contribution in [0.25, 0.3) is 5.65 Å². The number of ether oxygens (including phenoxy) is 1. The van der Waals surface area contributed by atoms with E-state index in [1.165, 1.54) is 9.78 Å². The van der Waals surface area contributed by atoms with Gasteiger partial charge < -0.3 is 9.64 Å². The van der Waals surface area contributed by atoms with Crippen molar-refractivity contribution in [2.45, 2.75) is 39.0 Å². The van der Waals surface area contributed by atoms with Gasteiger partial charge in [-0.05, 0) is 43.3 Å². The summed E-state index contributed by atoms with van der Waals surface area (Å²) in [6.07, 6.45) is 2.58. The Morgan fingerprint density at radius 3 is 3.00 bits per heavy atom. The first-order chi connectivity index (χ1) is 12.7. The van der Waals surface area contributed by atoms with Crippen molar-refractivity contribution in [3.05, 3.63) is 68.4 Å². The van der Waals surface area contributed by atoms with Crippen LogP contribution in [0.15, 0.2) is 46.6 Å². The Morgan fingerprint density at radius 1 is 1.31 bits per heavy atom. The molecule has 1 saturated heterocycles. The number of rotatable bonds is 6. The number of hydrogen-bond donors (Lipinski definition) is 1. The van der Waals surface area contributed by atoms with E-state index in [9.17, 15) is 4.79 Å². The monoisotopic (exact) mass is 370 g/mol. The molecule has 0 bridgehead atoms. The lowest BCUT2D eigenvalue weighted by Gasteiger charge is -2.21. The summed E-state index contributed by atoms with van der Waals surface area (Å²) in [5.41, 5.74) is 2.48. The number of fused-ring (bicyclic) bond motifs is 1. The van der Waals surface area contributed by atoms with Crippen molar-refractivity contribution < 1.29 is 9.64 Å². The fourth-order valence-electron chi connectivity index (χ4n) is 3.70. The van der Waals surface area contributed by atoms with Crippen LogP contribution < -0.4 is 10.5 Å². The molecule has 1 unspecified atom stereocenters. The first-order valence-electron chi connectivity index (χ1n) is 9.15. The summed E-state index contributed by atoms with van der Waals surface area (Å²) < 4.78 is 7.52. The lowest BCUT2D eigenvalue weighted by molar-refractivity contribution is -0.930. The van der Waals surface area contributed by atoms with Crippen molar-refractivity contribution in [2.75, 3.05) is 13.2 Å². The predicted molar refractivity (Wildman–Crippen MR) is 103 cm³/mol. The molecule has 6 heteroatoms. The molecule has 5 nitrogen and oxygen atoms in total. The smallest absolute Gasteiger partial charge is 0.258 e. The summed E-state index contributed by atoms with van der Waals surface area (Å²) >= 11 is 1.78. The molecular formula is C20H24N3O2S+. The highest BCUT2D eigenvalue weighted by molar-refractivity contribution is 7.09. The molecule has 2 atom stereocenters. The summed E-state index contributed by atoms with van der Waals surface area (Å²) in [7, 11) is 0. The van der Waals surface area contributed by atoms with Gasteiger partial charge in [-0.1, -0.05) is 12.1 Å². The van der Waals surface area contributed by atoms with E-state index in [2.05, 4.69) is 17.5 Å². The Morgan fingerprint density at radius 2 is 2.23 bits per heavy atom. The number of pyridine rings is 1. The minimum absolute atomic E-state index is 0.00399. The molecule has 136 valence electrons. The highest BCUT2D eigenvalue weighted by atomic mass is 32.1. The topological polar surface area (TPSA) is 48.0 Å². The molecule has 1 aliphatic rings. The fraction of sp³-hybridized carbons (Fsp3) is 0.400. The van der Waals surface area contributed by atoms with Crippen LogP contribution in [0.4, 0.5) is 0 Å². The van der Waals surface area contributed by atoms with Crippen LogP contribution in [0.2, 0.25) is 0 Å². The normalized spacial score (nSPS) is 18.4. The van der Waals surface area contributed by atoms with Crippen LogP contribution >= 0.6 is 11.3 Å². The molecule has 1 N–H and O–H groups in total. The van der Waals surface area contributed by atoms with Crippen LogP contribution in [0.3, 0.4) is 0 Å². The van der Waals surface area contributed by atoms with Gasteiger partial charge in [0.1, 0.15) is 37.1 Å². The summed E-state index contributed by atoms with van der Waals surface area (Å²) in [5.74, 6) is 0. The van der Waals surface area contributed by atoms with Gasteiger partial charge >= 0.3 is 0 Å². The summed E-state index contributed by atoms with van der Waals surface area (Å²) in [6, 6.07) is 11.7. The quantitative estimate of drug-likeness (QED) is 0.720. The molecule has 0 aromatic carbocycles. The number of hydrogen-bond acceptors (Lipinski definition) is 4. The van der Waals surface area contributed by atoms with Crippen molar-refractivity contribution in [2.24, 2.45) is 0 Å². The molecule has 1 fully saturated rings. The fourth-order valence-corrected chi connectivity index (χ4v) is 4.48. The minimum atomic E-state index is -0.00399. The average Bonchev–Trinajstić information content (AvgIpc) is 3.28.